The number of Topliss-reactive ketones (excluding diaryl/α,β-unsaturated/α-hetero) is 2. The summed E-state index contributed by atoms with van der Waals surface area (Å²) in [7, 11) is 0. The topological polar surface area (TPSA) is 88.4 Å². The standard InChI is InChI=1S/C21H20Cl2FN3O4/c1-10(2)13-6-18(25-8-17(13)29)31-21-14(22)4-12(5-15(21)23)20-16(28)7-19(30)27(26-20)9-11(3)24/h4-6,10-11H,7-9H2,1-3H3. The zero-order valence-corrected chi connectivity index (χ0v) is 18.6. The summed E-state index contributed by atoms with van der Waals surface area (Å²) in [5, 5.41) is 5.10. The SMILES string of the molecule is CC(F)CN1N=C(c2cc(Cl)c(OC3=NCC(=O)C(C(C)C)=C3)c(Cl)c2)C(=O)CC1=O. The molecular weight excluding hydrogens is 448 g/mol. The second kappa shape index (κ2) is 9.28. The molecule has 2 heterocycles. The molecule has 0 fully saturated rings. The van der Waals surface area contributed by atoms with Crippen molar-refractivity contribution in [1.82, 2.24) is 5.01 Å². The maximum absolute atomic E-state index is 13.3. The molecule has 10 heteroatoms. The van der Waals surface area contributed by atoms with Crippen LogP contribution >= 0.6 is 23.2 Å². The number of hydrazone groups is 1. The van der Waals surface area contributed by atoms with Gasteiger partial charge in [0.05, 0.1) is 23.0 Å². The molecule has 0 radical (unpaired) electrons. The third-order valence-corrected chi connectivity index (χ3v) is 5.15. The molecule has 2 aliphatic rings. The van der Waals surface area contributed by atoms with E-state index in [1.165, 1.54) is 19.1 Å². The van der Waals surface area contributed by atoms with Crippen LogP contribution in [0.15, 0.2) is 33.9 Å². The number of hydrogen-bond acceptors (Lipinski definition) is 6. The zero-order chi connectivity index (χ0) is 22.9. The summed E-state index contributed by atoms with van der Waals surface area (Å²) in [5.41, 5.74) is 0.816. The van der Waals surface area contributed by atoms with Gasteiger partial charge in [-0.1, -0.05) is 37.0 Å². The Morgan fingerprint density at radius 1 is 1.13 bits per heavy atom. The first-order valence-electron chi connectivity index (χ1n) is 9.59. The van der Waals surface area contributed by atoms with Gasteiger partial charge < -0.3 is 4.74 Å². The molecule has 1 unspecified atom stereocenters. The van der Waals surface area contributed by atoms with Crippen LogP contribution in [0.1, 0.15) is 32.8 Å². The van der Waals surface area contributed by atoms with Gasteiger partial charge >= 0.3 is 0 Å². The van der Waals surface area contributed by atoms with E-state index >= 15 is 0 Å². The molecular formula is C21H20Cl2FN3O4. The summed E-state index contributed by atoms with van der Waals surface area (Å²) in [5.74, 6) is -0.872. The highest BCUT2D eigenvalue weighted by molar-refractivity contribution is 6.50. The van der Waals surface area contributed by atoms with Crippen LogP contribution in [-0.4, -0.2) is 53.4 Å². The molecule has 3 rings (SSSR count). The predicted molar refractivity (Wildman–Crippen MR) is 116 cm³/mol. The molecule has 0 aliphatic carbocycles. The van der Waals surface area contributed by atoms with Crippen molar-refractivity contribution in [2.24, 2.45) is 16.0 Å². The van der Waals surface area contributed by atoms with Gasteiger partial charge in [0.1, 0.15) is 18.4 Å². The lowest BCUT2D eigenvalue weighted by Gasteiger charge is -2.23. The van der Waals surface area contributed by atoms with Gasteiger partial charge in [0.2, 0.25) is 5.90 Å². The van der Waals surface area contributed by atoms with Crippen molar-refractivity contribution < 1.29 is 23.5 Å². The van der Waals surface area contributed by atoms with Crippen LogP contribution in [0.3, 0.4) is 0 Å². The van der Waals surface area contributed by atoms with E-state index in [0.717, 1.165) is 5.01 Å². The van der Waals surface area contributed by atoms with Crippen LogP contribution in [0.2, 0.25) is 10.0 Å². The number of nitrogens with zero attached hydrogens (tertiary/aromatic N) is 3. The molecule has 1 amide bonds. The van der Waals surface area contributed by atoms with E-state index in [4.69, 9.17) is 27.9 Å². The average Bonchev–Trinajstić information content (AvgIpc) is 2.67. The Balaban J connectivity index is 1.91. The highest BCUT2D eigenvalue weighted by atomic mass is 35.5. The Labute approximate surface area is 188 Å². The molecule has 1 aromatic carbocycles. The summed E-state index contributed by atoms with van der Waals surface area (Å²) in [4.78, 5) is 40.3. The number of rotatable bonds is 5. The lowest BCUT2D eigenvalue weighted by atomic mass is 9.97. The summed E-state index contributed by atoms with van der Waals surface area (Å²) < 4.78 is 19.1. The van der Waals surface area contributed by atoms with Crippen molar-refractivity contribution in [3.63, 3.8) is 0 Å². The van der Waals surface area contributed by atoms with Crippen LogP contribution in [0.25, 0.3) is 0 Å². The van der Waals surface area contributed by atoms with Gasteiger partial charge in [0.15, 0.2) is 17.3 Å². The highest BCUT2D eigenvalue weighted by Gasteiger charge is 2.30. The van der Waals surface area contributed by atoms with Gasteiger partial charge in [-0.2, -0.15) is 5.10 Å². The molecule has 1 aromatic rings. The molecule has 0 saturated heterocycles. The van der Waals surface area contributed by atoms with Gasteiger partial charge in [0, 0.05) is 17.2 Å². The minimum Gasteiger partial charge on any atom is -0.436 e. The molecule has 0 N–H and O–H groups in total. The van der Waals surface area contributed by atoms with E-state index in [2.05, 4.69) is 10.1 Å². The normalized spacial score (nSPS) is 18.1. The number of hydrogen-bond donors (Lipinski definition) is 0. The van der Waals surface area contributed by atoms with Gasteiger partial charge in [-0.3, -0.25) is 14.4 Å². The van der Waals surface area contributed by atoms with E-state index in [9.17, 15) is 18.8 Å². The fraction of sp³-hybridized carbons (Fsp3) is 0.381. The number of amides is 1. The second-order valence-electron chi connectivity index (χ2n) is 7.51. The number of carbonyl (C=O) groups excluding carboxylic acids is 3. The van der Waals surface area contributed by atoms with E-state index in [-0.39, 0.29) is 57.8 Å². The third kappa shape index (κ3) is 5.19. The smallest absolute Gasteiger partial charge is 0.250 e. The maximum Gasteiger partial charge on any atom is 0.250 e. The van der Waals surface area contributed by atoms with Gasteiger partial charge in [-0.15, -0.1) is 0 Å². The molecule has 7 nitrogen and oxygen atoms in total. The number of ether oxygens (including phenoxy) is 1. The number of benzene rings is 1. The Morgan fingerprint density at radius 3 is 2.35 bits per heavy atom. The second-order valence-corrected chi connectivity index (χ2v) is 8.32. The first kappa shape index (κ1) is 23.1. The first-order chi connectivity index (χ1) is 14.6. The molecule has 0 saturated carbocycles. The van der Waals surface area contributed by atoms with Crippen molar-refractivity contribution in [1.29, 1.82) is 0 Å². The van der Waals surface area contributed by atoms with Crippen LogP contribution in [0, 0.1) is 5.92 Å². The number of alkyl halides is 1. The summed E-state index contributed by atoms with van der Waals surface area (Å²) in [6.45, 7) is 4.78. The summed E-state index contributed by atoms with van der Waals surface area (Å²) >= 11 is 12.7. The molecule has 31 heavy (non-hydrogen) atoms. The van der Waals surface area contributed by atoms with Gasteiger partial charge in [-0.25, -0.2) is 14.4 Å². The Morgan fingerprint density at radius 2 is 1.77 bits per heavy atom. The lowest BCUT2D eigenvalue weighted by Crippen LogP contribution is -2.40. The number of ketones is 2. The third-order valence-electron chi connectivity index (χ3n) is 4.59. The predicted octanol–water partition coefficient (Wildman–Crippen LogP) is 3.80. The average molecular weight is 468 g/mol. The van der Waals surface area contributed by atoms with E-state index < -0.39 is 24.3 Å². The van der Waals surface area contributed by atoms with Crippen LogP contribution in [0.4, 0.5) is 4.39 Å². The highest BCUT2D eigenvalue weighted by Crippen LogP contribution is 2.35. The largest absolute Gasteiger partial charge is 0.436 e. The number of aliphatic imine (C=N–C) groups is 1. The molecule has 2 aliphatic heterocycles. The zero-order valence-electron chi connectivity index (χ0n) is 17.1. The maximum atomic E-state index is 13.3. The van der Waals surface area contributed by atoms with E-state index in [1.807, 2.05) is 13.8 Å². The van der Waals surface area contributed by atoms with Crippen molar-refractivity contribution >= 4 is 52.3 Å². The van der Waals surface area contributed by atoms with E-state index in [0.29, 0.717) is 5.57 Å². The molecule has 1 atom stereocenters. The van der Waals surface area contributed by atoms with E-state index in [1.54, 1.807) is 6.08 Å². The number of dihydropyridines is 1. The molecule has 0 aromatic heterocycles. The minimum absolute atomic E-state index is 0.00272. The monoisotopic (exact) mass is 467 g/mol. The first-order valence-corrected chi connectivity index (χ1v) is 10.3. The van der Waals surface area contributed by atoms with Crippen molar-refractivity contribution in [2.75, 3.05) is 13.1 Å². The van der Waals surface area contributed by atoms with Crippen molar-refractivity contribution in [3.8, 4) is 5.75 Å². The molecule has 164 valence electrons. The molecule has 0 bridgehead atoms. The quantitative estimate of drug-likeness (QED) is 0.615. The minimum atomic E-state index is -1.31. The fourth-order valence-corrected chi connectivity index (χ4v) is 3.66. The van der Waals surface area contributed by atoms with Crippen molar-refractivity contribution in [2.45, 2.75) is 33.4 Å². The lowest BCUT2D eigenvalue weighted by molar-refractivity contribution is -0.135. The Kier molecular flexibility index (Phi) is 6.91. The van der Waals surface area contributed by atoms with Crippen molar-refractivity contribution in [3.05, 3.63) is 39.4 Å². The van der Waals surface area contributed by atoms with Crippen LogP contribution in [-0.2, 0) is 14.4 Å². The Bertz CT molecular complexity index is 1020. The van der Waals surface area contributed by atoms with Gasteiger partial charge in [-0.05, 0) is 25.0 Å². The summed E-state index contributed by atoms with van der Waals surface area (Å²) in [6, 6.07) is 2.85. The molecule has 0 spiro atoms. The van der Waals surface area contributed by atoms with Gasteiger partial charge in [0.25, 0.3) is 5.91 Å². The number of carbonyl (C=O) groups is 3. The number of halogens is 3. The fourth-order valence-electron chi connectivity index (χ4n) is 3.09. The Hall–Kier alpha value is -2.58. The summed E-state index contributed by atoms with van der Waals surface area (Å²) in [6.07, 6.45) is -0.183. The van der Waals surface area contributed by atoms with Crippen LogP contribution in [0.5, 0.6) is 5.75 Å². The van der Waals surface area contributed by atoms with Crippen LogP contribution < -0.4 is 4.74 Å².